The molecule has 3 heteroatoms. The first kappa shape index (κ1) is 14.1. The van der Waals surface area contributed by atoms with Gasteiger partial charge in [-0.1, -0.05) is 36.8 Å². The van der Waals surface area contributed by atoms with Crippen LogP contribution in [0.15, 0.2) is 30.3 Å². The van der Waals surface area contributed by atoms with E-state index < -0.39 is 0 Å². The Balaban J connectivity index is 1.50. The molecule has 1 aliphatic heterocycles. The number of nitrogens with one attached hydrogen (secondary N) is 2. The van der Waals surface area contributed by atoms with Gasteiger partial charge in [0.2, 0.25) is 0 Å². The molecule has 0 bridgehead atoms. The first-order valence-corrected chi connectivity index (χ1v) is 7.99. The maximum atomic E-state index is 9.86. The predicted octanol–water partition coefficient (Wildman–Crippen LogP) is 1.57. The van der Waals surface area contributed by atoms with E-state index in [1.165, 1.54) is 31.2 Å². The van der Waals surface area contributed by atoms with Crippen LogP contribution in [0.1, 0.15) is 24.8 Å². The highest BCUT2D eigenvalue weighted by molar-refractivity contribution is 5.16. The van der Waals surface area contributed by atoms with Crippen LogP contribution in [-0.2, 0) is 6.42 Å². The van der Waals surface area contributed by atoms with Crippen molar-refractivity contribution in [2.24, 2.45) is 11.8 Å². The van der Waals surface area contributed by atoms with Crippen LogP contribution >= 0.6 is 0 Å². The molecule has 110 valence electrons. The zero-order chi connectivity index (χ0) is 13.8. The summed E-state index contributed by atoms with van der Waals surface area (Å²) in [5.74, 6) is 1.14. The monoisotopic (exact) mass is 274 g/mol. The van der Waals surface area contributed by atoms with E-state index in [1.54, 1.807) is 0 Å². The first-order chi connectivity index (χ1) is 9.83. The van der Waals surface area contributed by atoms with Gasteiger partial charge in [0, 0.05) is 31.6 Å². The lowest BCUT2D eigenvalue weighted by atomic mass is 9.94. The molecular formula is C17H26N2O. The number of aliphatic hydroxyl groups excluding tert-OH is 1. The second kappa shape index (κ2) is 6.70. The van der Waals surface area contributed by atoms with E-state index in [9.17, 15) is 5.11 Å². The Hall–Kier alpha value is -0.900. The van der Waals surface area contributed by atoms with Crippen LogP contribution in [0.3, 0.4) is 0 Å². The van der Waals surface area contributed by atoms with Crippen molar-refractivity contribution in [2.75, 3.05) is 19.6 Å². The second-order valence-corrected chi connectivity index (χ2v) is 6.38. The van der Waals surface area contributed by atoms with Gasteiger partial charge in [-0.05, 0) is 30.7 Å². The summed E-state index contributed by atoms with van der Waals surface area (Å²) in [6.45, 7) is 2.65. The molecule has 0 aromatic heterocycles. The van der Waals surface area contributed by atoms with Gasteiger partial charge in [0.25, 0.3) is 0 Å². The summed E-state index contributed by atoms with van der Waals surface area (Å²) < 4.78 is 0. The molecule has 1 saturated carbocycles. The molecule has 20 heavy (non-hydrogen) atoms. The zero-order valence-electron chi connectivity index (χ0n) is 12.1. The quantitative estimate of drug-likeness (QED) is 0.763. The molecule has 3 N–H and O–H groups in total. The van der Waals surface area contributed by atoms with Crippen molar-refractivity contribution >= 4 is 0 Å². The number of β-amino-alcohol motifs (C(OH)–C–C–N with tert-alkyl or cyclic N) is 1. The topological polar surface area (TPSA) is 44.3 Å². The summed E-state index contributed by atoms with van der Waals surface area (Å²) in [6.07, 6.45) is 4.97. The normalized spacial score (nSPS) is 33.6. The average molecular weight is 274 g/mol. The van der Waals surface area contributed by atoms with E-state index in [1.807, 2.05) is 0 Å². The van der Waals surface area contributed by atoms with E-state index in [0.29, 0.717) is 12.0 Å². The van der Waals surface area contributed by atoms with Crippen LogP contribution in [0.25, 0.3) is 0 Å². The van der Waals surface area contributed by atoms with Gasteiger partial charge in [-0.25, -0.2) is 0 Å². The summed E-state index contributed by atoms with van der Waals surface area (Å²) in [4.78, 5) is 0. The summed E-state index contributed by atoms with van der Waals surface area (Å²) in [5, 5.41) is 16.8. The largest absolute Gasteiger partial charge is 0.391 e. The molecule has 1 aromatic rings. The van der Waals surface area contributed by atoms with Crippen molar-refractivity contribution < 1.29 is 5.11 Å². The van der Waals surface area contributed by atoms with Crippen LogP contribution < -0.4 is 10.6 Å². The zero-order valence-corrected chi connectivity index (χ0v) is 12.1. The molecule has 1 heterocycles. The second-order valence-electron chi connectivity index (χ2n) is 6.38. The highest BCUT2D eigenvalue weighted by atomic mass is 16.3. The summed E-state index contributed by atoms with van der Waals surface area (Å²) >= 11 is 0. The maximum absolute atomic E-state index is 9.86. The molecule has 0 spiro atoms. The van der Waals surface area contributed by atoms with Crippen LogP contribution in [-0.4, -0.2) is 36.9 Å². The Bertz CT molecular complexity index is 409. The fraction of sp³-hybridized carbons (Fsp3) is 0.647. The van der Waals surface area contributed by atoms with Gasteiger partial charge >= 0.3 is 0 Å². The molecule has 2 aliphatic rings. The molecule has 1 saturated heterocycles. The Morgan fingerprint density at radius 3 is 2.70 bits per heavy atom. The molecule has 3 rings (SSSR count). The van der Waals surface area contributed by atoms with Gasteiger partial charge in [0.1, 0.15) is 0 Å². The number of benzene rings is 1. The summed E-state index contributed by atoms with van der Waals surface area (Å²) in [5.41, 5.74) is 1.45. The van der Waals surface area contributed by atoms with Gasteiger partial charge in [0.15, 0.2) is 0 Å². The van der Waals surface area contributed by atoms with Crippen LogP contribution in [0.5, 0.6) is 0 Å². The average Bonchev–Trinajstić information content (AvgIpc) is 3.07. The molecule has 4 atom stereocenters. The first-order valence-electron chi connectivity index (χ1n) is 7.99. The van der Waals surface area contributed by atoms with Crippen molar-refractivity contribution in [1.82, 2.24) is 10.6 Å². The van der Waals surface area contributed by atoms with Crippen LogP contribution in [0.2, 0.25) is 0 Å². The van der Waals surface area contributed by atoms with E-state index >= 15 is 0 Å². The van der Waals surface area contributed by atoms with Crippen molar-refractivity contribution in [3.63, 3.8) is 0 Å². The molecular weight excluding hydrogens is 248 g/mol. The lowest BCUT2D eigenvalue weighted by Crippen LogP contribution is -2.39. The highest BCUT2D eigenvalue weighted by Crippen LogP contribution is 2.29. The van der Waals surface area contributed by atoms with E-state index in [4.69, 9.17) is 0 Å². The Kier molecular flexibility index (Phi) is 4.71. The number of rotatable bonds is 5. The smallest absolute Gasteiger partial charge is 0.0716 e. The standard InChI is InChI=1S/C17H26N2O/c20-17-12-18-10-15(17)11-19-16-8-4-7-14(16)9-13-5-2-1-3-6-13/h1-3,5-6,14-20H,4,7-12H2. The van der Waals surface area contributed by atoms with Crippen molar-refractivity contribution in [3.8, 4) is 0 Å². The minimum absolute atomic E-state index is 0.170. The molecule has 1 aromatic carbocycles. The highest BCUT2D eigenvalue weighted by Gasteiger charge is 2.30. The van der Waals surface area contributed by atoms with Crippen molar-refractivity contribution in [1.29, 1.82) is 0 Å². The van der Waals surface area contributed by atoms with Crippen LogP contribution in [0.4, 0.5) is 0 Å². The lowest BCUT2D eigenvalue weighted by Gasteiger charge is -2.24. The number of hydrogen-bond donors (Lipinski definition) is 3. The third kappa shape index (κ3) is 3.40. The Labute approximate surface area is 121 Å². The van der Waals surface area contributed by atoms with E-state index in [0.717, 1.165) is 25.6 Å². The molecule has 0 amide bonds. The van der Waals surface area contributed by atoms with Gasteiger partial charge in [-0.2, -0.15) is 0 Å². The minimum atomic E-state index is -0.170. The number of aliphatic hydroxyl groups is 1. The van der Waals surface area contributed by atoms with Gasteiger partial charge in [-0.3, -0.25) is 0 Å². The summed E-state index contributed by atoms with van der Waals surface area (Å²) in [6, 6.07) is 11.5. The molecule has 4 unspecified atom stereocenters. The fourth-order valence-corrected chi connectivity index (χ4v) is 3.70. The third-order valence-electron chi connectivity index (χ3n) is 4.95. The third-order valence-corrected chi connectivity index (χ3v) is 4.95. The van der Waals surface area contributed by atoms with Crippen molar-refractivity contribution in [3.05, 3.63) is 35.9 Å². The van der Waals surface area contributed by atoms with Gasteiger partial charge in [0.05, 0.1) is 6.10 Å². The summed E-state index contributed by atoms with van der Waals surface area (Å²) in [7, 11) is 0. The predicted molar refractivity (Wildman–Crippen MR) is 81.6 cm³/mol. The van der Waals surface area contributed by atoms with E-state index in [2.05, 4.69) is 41.0 Å². The van der Waals surface area contributed by atoms with Crippen molar-refractivity contribution in [2.45, 2.75) is 37.8 Å². The molecule has 0 radical (unpaired) electrons. The fourth-order valence-electron chi connectivity index (χ4n) is 3.70. The lowest BCUT2D eigenvalue weighted by molar-refractivity contribution is 0.143. The molecule has 3 nitrogen and oxygen atoms in total. The number of hydrogen-bond acceptors (Lipinski definition) is 3. The SMILES string of the molecule is OC1CNCC1CNC1CCCC1Cc1ccccc1. The van der Waals surface area contributed by atoms with E-state index in [-0.39, 0.29) is 6.10 Å². The maximum Gasteiger partial charge on any atom is 0.0716 e. The minimum Gasteiger partial charge on any atom is -0.391 e. The molecule has 2 fully saturated rings. The Morgan fingerprint density at radius 1 is 1.10 bits per heavy atom. The van der Waals surface area contributed by atoms with Crippen LogP contribution in [0, 0.1) is 11.8 Å². The Morgan fingerprint density at radius 2 is 1.95 bits per heavy atom. The van der Waals surface area contributed by atoms with Gasteiger partial charge in [-0.15, -0.1) is 0 Å². The molecule has 1 aliphatic carbocycles. The van der Waals surface area contributed by atoms with Gasteiger partial charge < -0.3 is 15.7 Å².